The van der Waals surface area contributed by atoms with Crippen LogP contribution in [-0.4, -0.2) is 0 Å². The minimum Gasteiger partial charge on any atom is -0.120 e. The maximum atomic E-state index is 5.50. The number of terminal acetylenes is 1. The Labute approximate surface area is 176 Å². The molecule has 0 nitrogen and oxygen atoms in total. The van der Waals surface area contributed by atoms with Crippen molar-refractivity contribution >= 4 is 0 Å². The third-order valence-corrected chi connectivity index (χ3v) is 6.97. The van der Waals surface area contributed by atoms with E-state index in [9.17, 15) is 0 Å². The summed E-state index contributed by atoms with van der Waals surface area (Å²) in [6, 6.07) is 16.1. The van der Waals surface area contributed by atoms with Crippen molar-refractivity contribution in [2.24, 2.45) is 0 Å². The molecule has 0 heteroatoms. The molecule has 2 aromatic rings. The highest BCUT2D eigenvalue weighted by molar-refractivity contribution is 5.80. The van der Waals surface area contributed by atoms with E-state index >= 15 is 0 Å². The van der Waals surface area contributed by atoms with Crippen molar-refractivity contribution in [3.05, 3.63) is 83.0 Å². The molecule has 0 heterocycles. The van der Waals surface area contributed by atoms with Gasteiger partial charge in [0.15, 0.2) is 0 Å². The van der Waals surface area contributed by atoms with E-state index < -0.39 is 0 Å². The predicted molar refractivity (Wildman–Crippen MR) is 125 cm³/mol. The van der Waals surface area contributed by atoms with Crippen molar-refractivity contribution in [2.75, 3.05) is 0 Å². The Kier molecular flexibility index (Phi) is 5.77. The Morgan fingerprint density at radius 3 is 2.66 bits per heavy atom. The van der Waals surface area contributed by atoms with E-state index in [0.29, 0.717) is 5.92 Å². The molecule has 0 saturated heterocycles. The second kappa shape index (κ2) is 8.46. The molecule has 0 radical (unpaired) electrons. The molecule has 0 fully saturated rings. The Balaban J connectivity index is 1.82. The van der Waals surface area contributed by atoms with Gasteiger partial charge in [0.2, 0.25) is 0 Å². The van der Waals surface area contributed by atoms with Gasteiger partial charge in [-0.05, 0) is 53.5 Å². The standard InChI is InChI=1S/C29H32/c1-4-6-7-8-18-25-23-16-11-12-17-24(23)26-19-13-20-27(28(25)26)29(3,21-5-2)22-14-9-10-15-22/h1,9-14,16-17,19-20,25H,5-8,15,18,21H2,2-3H3. The van der Waals surface area contributed by atoms with Gasteiger partial charge in [0.05, 0.1) is 0 Å². The highest BCUT2D eigenvalue weighted by Crippen LogP contribution is 2.53. The summed E-state index contributed by atoms with van der Waals surface area (Å²) in [5.41, 5.74) is 9.19. The molecule has 4 rings (SSSR count). The first kappa shape index (κ1) is 19.8. The molecule has 2 atom stereocenters. The number of allylic oxidation sites excluding steroid dienone is 4. The normalized spacial score (nSPS) is 18.7. The van der Waals surface area contributed by atoms with Crippen molar-refractivity contribution in [1.82, 2.24) is 0 Å². The third-order valence-electron chi connectivity index (χ3n) is 6.97. The molecule has 2 aliphatic rings. The van der Waals surface area contributed by atoms with Crippen LogP contribution in [0, 0.1) is 12.3 Å². The first-order valence-electron chi connectivity index (χ1n) is 11.2. The molecule has 29 heavy (non-hydrogen) atoms. The topological polar surface area (TPSA) is 0 Å². The highest BCUT2D eigenvalue weighted by Gasteiger charge is 2.38. The summed E-state index contributed by atoms with van der Waals surface area (Å²) in [4.78, 5) is 0. The van der Waals surface area contributed by atoms with Crippen LogP contribution in [0.25, 0.3) is 11.1 Å². The Morgan fingerprint density at radius 1 is 1.07 bits per heavy atom. The first-order valence-corrected chi connectivity index (χ1v) is 11.2. The van der Waals surface area contributed by atoms with Crippen LogP contribution in [0.5, 0.6) is 0 Å². The smallest absolute Gasteiger partial charge is 0.0143 e. The number of hydrogen-bond donors (Lipinski definition) is 0. The molecule has 0 bridgehead atoms. The molecule has 2 aromatic carbocycles. The zero-order valence-electron chi connectivity index (χ0n) is 17.9. The van der Waals surface area contributed by atoms with E-state index in [1.54, 1.807) is 16.7 Å². The summed E-state index contributed by atoms with van der Waals surface area (Å²) in [5, 5.41) is 0. The molecular weight excluding hydrogens is 348 g/mol. The quantitative estimate of drug-likeness (QED) is 0.322. The van der Waals surface area contributed by atoms with Crippen molar-refractivity contribution in [2.45, 2.75) is 70.1 Å². The van der Waals surface area contributed by atoms with Crippen molar-refractivity contribution < 1.29 is 0 Å². The lowest BCUT2D eigenvalue weighted by Crippen LogP contribution is -2.26. The lowest BCUT2D eigenvalue weighted by molar-refractivity contribution is 0.486. The van der Waals surface area contributed by atoms with Crippen LogP contribution in [0.2, 0.25) is 0 Å². The summed E-state index contributed by atoms with van der Waals surface area (Å²) in [5.74, 6) is 3.29. The Hall–Kier alpha value is -2.52. The van der Waals surface area contributed by atoms with Gasteiger partial charge in [-0.25, -0.2) is 0 Å². The molecule has 2 unspecified atom stereocenters. The third kappa shape index (κ3) is 3.49. The number of benzene rings is 2. The molecule has 2 aliphatic carbocycles. The predicted octanol–water partition coefficient (Wildman–Crippen LogP) is 7.94. The number of hydrogen-bond acceptors (Lipinski definition) is 0. The first-order chi connectivity index (χ1) is 14.2. The fourth-order valence-corrected chi connectivity index (χ4v) is 5.56. The summed E-state index contributed by atoms with van der Waals surface area (Å²) >= 11 is 0. The van der Waals surface area contributed by atoms with Crippen LogP contribution >= 0.6 is 0 Å². The monoisotopic (exact) mass is 380 g/mol. The maximum absolute atomic E-state index is 5.50. The minimum absolute atomic E-state index is 0.0999. The number of rotatable bonds is 8. The second-order valence-electron chi connectivity index (χ2n) is 8.76. The van der Waals surface area contributed by atoms with Crippen LogP contribution < -0.4 is 0 Å². The second-order valence-corrected chi connectivity index (χ2v) is 8.76. The molecule has 148 valence electrons. The SMILES string of the molecule is C#CCCCCC1c2ccccc2-c2cccc(C(C)(CCC)C3=CC=CC3)c21. The molecule has 0 amide bonds. The van der Waals surface area contributed by atoms with Gasteiger partial charge in [-0.3, -0.25) is 0 Å². The molecule has 0 aromatic heterocycles. The average Bonchev–Trinajstić information content (AvgIpc) is 3.39. The zero-order valence-corrected chi connectivity index (χ0v) is 17.9. The van der Waals surface area contributed by atoms with Crippen LogP contribution in [0.4, 0.5) is 0 Å². The van der Waals surface area contributed by atoms with Gasteiger partial charge in [-0.15, -0.1) is 12.3 Å². The van der Waals surface area contributed by atoms with E-state index in [0.717, 1.165) is 19.3 Å². The zero-order chi connectivity index (χ0) is 20.3. The fraction of sp³-hybridized carbons (Fsp3) is 0.379. The van der Waals surface area contributed by atoms with Gasteiger partial charge in [0.25, 0.3) is 0 Å². The molecule has 0 aliphatic heterocycles. The number of unbranched alkanes of at least 4 members (excludes halogenated alkanes) is 2. The van der Waals surface area contributed by atoms with Crippen molar-refractivity contribution in [3.8, 4) is 23.5 Å². The molecule has 0 spiro atoms. The van der Waals surface area contributed by atoms with Gasteiger partial charge >= 0.3 is 0 Å². The van der Waals surface area contributed by atoms with Gasteiger partial charge in [0.1, 0.15) is 0 Å². The van der Waals surface area contributed by atoms with E-state index in [4.69, 9.17) is 6.42 Å². The summed E-state index contributed by atoms with van der Waals surface area (Å²) in [7, 11) is 0. The molecule has 0 saturated carbocycles. The average molecular weight is 381 g/mol. The van der Waals surface area contributed by atoms with Gasteiger partial charge in [-0.2, -0.15) is 0 Å². The number of fused-ring (bicyclic) bond motifs is 3. The summed E-state index contributed by atoms with van der Waals surface area (Å²) < 4.78 is 0. The van der Waals surface area contributed by atoms with E-state index in [1.807, 2.05) is 0 Å². The van der Waals surface area contributed by atoms with Crippen LogP contribution in [0.15, 0.2) is 66.3 Å². The fourth-order valence-electron chi connectivity index (χ4n) is 5.56. The van der Waals surface area contributed by atoms with E-state index in [1.165, 1.54) is 42.4 Å². The Morgan fingerprint density at radius 2 is 1.90 bits per heavy atom. The lowest BCUT2D eigenvalue weighted by atomic mass is 9.68. The van der Waals surface area contributed by atoms with Crippen LogP contribution in [-0.2, 0) is 5.41 Å². The van der Waals surface area contributed by atoms with E-state index in [2.05, 4.69) is 80.5 Å². The van der Waals surface area contributed by atoms with Crippen LogP contribution in [0.1, 0.15) is 81.4 Å². The van der Waals surface area contributed by atoms with Crippen molar-refractivity contribution in [1.29, 1.82) is 0 Å². The minimum atomic E-state index is 0.0999. The van der Waals surface area contributed by atoms with Crippen molar-refractivity contribution in [3.63, 3.8) is 0 Å². The summed E-state index contributed by atoms with van der Waals surface area (Å²) in [6.45, 7) is 4.79. The molecule has 0 N–H and O–H groups in total. The largest absolute Gasteiger partial charge is 0.120 e. The highest BCUT2D eigenvalue weighted by atomic mass is 14.4. The Bertz CT molecular complexity index is 981. The maximum Gasteiger partial charge on any atom is 0.0143 e. The lowest BCUT2D eigenvalue weighted by Gasteiger charge is -2.35. The summed E-state index contributed by atoms with van der Waals surface area (Å²) in [6.07, 6.45) is 20.2. The van der Waals surface area contributed by atoms with Gasteiger partial charge in [0, 0.05) is 17.8 Å². The van der Waals surface area contributed by atoms with Gasteiger partial charge < -0.3 is 0 Å². The van der Waals surface area contributed by atoms with E-state index in [-0.39, 0.29) is 5.41 Å². The molecular formula is C29H32. The van der Waals surface area contributed by atoms with Crippen LogP contribution in [0.3, 0.4) is 0 Å². The van der Waals surface area contributed by atoms with Gasteiger partial charge in [-0.1, -0.05) is 93.0 Å².